The number of halogens is 1. The Morgan fingerprint density at radius 1 is 1.00 bits per heavy atom. The Hall–Kier alpha value is -3.61. The van der Waals surface area contributed by atoms with Gasteiger partial charge in [0.15, 0.2) is 17.3 Å². The molecule has 2 aromatic rings. The summed E-state index contributed by atoms with van der Waals surface area (Å²) in [5.41, 5.74) is 4.26. The van der Waals surface area contributed by atoms with E-state index >= 15 is 0 Å². The summed E-state index contributed by atoms with van der Waals surface area (Å²) in [4.78, 5) is 27.2. The first-order chi connectivity index (χ1) is 17.5. The van der Waals surface area contributed by atoms with Crippen molar-refractivity contribution in [2.24, 2.45) is 0 Å². The fraction of sp³-hybridized carbons (Fsp3) is 0.379. The lowest BCUT2D eigenvalue weighted by atomic mass is 9.71. The van der Waals surface area contributed by atoms with Gasteiger partial charge in [0.1, 0.15) is 11.9 Å². The first-order valence-electron chi connectivity index (χ1n) is 12.6. The van der Waals surface area contributed by atoms with Gasteiger partial charge in [0.25, 0.3) is 0 Å². The molecule has 7 heteroatoms. The molecule has 6 rings (SSSR count). The van der Waals surface area contributed by atoms with Crippen LogP contribution < -0.4 is 14.8 Å². The summed E-state index contributed by atoms with van der Waals surface area (Å²) in [5.74, 6) is -0.101. The maximum Gasteiger partial charge on any atom is 0.337 e. The van der Waals surface area contributed by atoms with Crippen LogP contribution in [0.3, 0.4) is 0 Å². The molecule has 6 nitrogen and oxygen atoms in total. The molecule has 2 aliphatic carbocycles. The van der Waals surface area contributed by atoms with Gasteiger partial charge in [-0.2, -0.15) is 0 Å². The van der Waals surface area contributed by atoms with E-state index in [1.807, 2.05) is 25.1 Å². The van der Waals surface area contributed by atoms with Crippen molar-refractivity contribution in [1.29, 1.82) is 0 Å². The van der Waals surface area contributed by atoms with E-state index in [-0.39, 0.29) is 42.8 Å². The largest absolute Gasteiger partial charge is 0.459 e. The lowest BCUT2D eigenvalue weighted by Gasteiger charge is -2.37. The van der Waals surface area contributed by atoms with Gasteiger partial charge in [0.05, 0.1) is 5.57 Å². The van der Waals surface area contributed by atoms with E-state index in [0.717, 1.165) is 42.5 Å². The molecule has 1 saturated carbocycles. The van der Waals surface area contributed by atoms with Crippen LogP contribution in [0.2, 0.25) is 0 Å². The number of hydrogen-bond acceptors (Lipinski definition) is 6. The van der Waals surface area contributed by atoms with Crippen molar-refractivity contribution in [2.75, 3.05) is 6.79 Å². The second kappa shape index (κ2) is 9.12. The number of Topliss-reactive ketones (excluding diaryl/α,β-unsaturated/α-hetero) is 1. The number of esters is 1. The summed E-state index contributed by atoms with van der Waals surface area (Å²) >= 11 is 0. The van der Waals surface area contributed by atoms with E-state index in [1.54, 1.807) is 12.1 Å². The third kappa shape index (κ3) is 4.06. The summed E-state index contributed by atoms with van der Waals surface area (Å²) in [6.07, 6.45) is 4.64. The van der Waals surface area contributed by atoms with E-state index in [4.69, 9.17) is 14.2 Å². The molecule has 1 fully saturated rings. The molecule has 0 unspecified atom stereocenters. The molecule has 2 aliphatic heterocycles. The predicted molar refractivity (Wildman–Crippen MR) is 130 cm³/mol. The molecule has 2 atom stereocenters. The molecular weight excluding hydrogens is 461 g/mol. The molecule has 4 aliphatic rings. The number of hydrogen-bond donors (Lipinski definition) is 1. The summed E-state index contributed by atoms with van der Waals surface area (Å²) in [6.45, 7) is 2.00. The van der Waals surface area contributed by atoms with Gasteiger partial charge in [-0.05, 0) is 80.3 Å². The molecule has 0 amide bonds. The Bertz CT molecular complexity index is 1290. The molecule has 36 heavy (non-hydrogen) atoms. The lowest BCUT2D eigenvalue weighted by Crippen LogP contribution is -2.36. The van der Waals surface area contributed by atoms with Crippen LogP contribution in [-0.2, 0) is 14.3 Å². The van der Waals surface area contributed by atoms with Gasteiger partial charge >= 0.3 is 5.97 Å². The van der Waals surface area contributed by atoms with Crippen molar-refractivity contribution in [1.82, 2.24) is 5.32 Å². The second-order valence-electron chi connectivity index (χ2n) is 9.99. The lowest BCUT2D eigenvalue weighted by molar-refractivity contribution is -0.144. The average molecular weight is 490 g/mol. The first-order valence-corrected chi connectivity index (χ1v) is 12.6. The van der Waals surface area contributed by atoms with Gasteiger partial charge < -0.3 is 19.5 Å². The highest BCUT2D eigenvalue weighted by molar-refractivity contribution is 6.04. The number of dihydropyridines is 1. The Labute approximate surface area is 209 Å². The predicted octanol–water partition coefficient (Wildman–Crippen LogP) is 5.40. The number of ketones is 1. The minimum atomic E-state index is -0.564. The number of nitrogens with one attached hydrogen (secondary N) is 1. The van der Waals surface area contributed by atoms with Crippen LogP contribution in [-0.4, -0.2) is 24.6 Å². The quantitative estimate of drug-likeness (QED) is 0.580. The van der Waals surface area contributed by atoms with Gasteiger partial charge in [-0.25, -0.2) is 9.18 Å². The van der Waals surface area contributed by atoms with Crippen LogP contribution in [0.25, 0.3) is 0 Å². The average Bonchev–Trinajstić information content (AvgIpc) is 3.55. The fourth-order valence-corrected chi connectivity index (χ4v) is 5.93. The van der Waals surface area contributed by atoms with Gasteiger partial charge in [-0.1, -0.05) is 18.2 Å². The minimum absolute atomic E-state index is 0.0283. The highest BCUT2D eigenvalue weighted by atomic mass is 19.1. The van der Waals surface area contributed by atoms with Crippen molar-refractivity contribution in [2.45, 2.75) is 63.4 Å². The Balaban J connectivity index is 1.40. The molecule has 0 aromatic heterocycles. The first kappa shape index (κ1) is 22.8. The number of rotatable bonds is 4. The molecule has 2 heterocycles. The minimum Gasteiger partial charge on any atom is -0.459 e. The maximum atomic E-state index is 13.7. The van der Waals surface area contributed by atoms with Crippen molar-refractivity contribution >= 4 is 11.8 Å². The molecule has 0 spiro atoms. The van der Waals surface area contributed by atoms with Crippen LogP contribution in [0.5, 0.6) is 11.5 Å². The summed E-state index contributed by atoms with van der Waals surface area (Å²) in [6, 6.07) is 11.9. The Kier molecular flexibility index (Phi) is 5.78. The van der Waals surface area contributed by atoms with E-state index in [9.17, 15) is 14.0 Å². The molecule has 0 bridgehead atoms. The van der Waals surface area contributed by atoms with Crippen molar-refractivity contribution < 1.29 is 28.2 Å². The number of allylic oxidation sites excluding steroid dienone is 3. The summed E-state index contributed by atoms with van der Waals surface area (Å²) < 4.78 is 30.5. The van der Waals surface area contributed by atoms with Crippen LogP contribution >= 0.6 is 0 Å². The zero-order chi connectivity index (χ0) is 24.8. The normalized spacial score (nSPS) is 23.6. The Morgan fingerprint density at radius 3 is 2.50 bits per heavy atom. The van der Waals surface area contributed by atoms with E-state index in [2.05, 4.69) is 5.32 Å². The number of carbonyl (C=O) groups is 2. The van der Waals surface area contributed by atoms with Gasteiger partial charge in [0, 0.05) is 29.3 Å². The smallest absolute Gasteiger partial charge is 0.337 e. The molecule has 0 saturated heterocycles. The molecule has 186 valence electrons. The highest BCUT2D eigenvalue weighted by Crippen LogP contribution is 2.47. The second-order valence-corrected chi connectivity index (χ2v) is 9.99. The molecule has 2 aromatic carbocycles. The SMILES string of the molecule is CC1=C(C(=O)OC2CCCC2)[C@H](c2ccc3c(c2)OCO3)C2=C(C[C@H](c3ccc(F)cc3)CC2=O)N1. The van der Waals surface area contributed by atoms with Gasteiger partial charge in [0.2, 0.25) is 6.79 Å². The van der Waals surface area contributed by atoms with Gasteiger partial charge in [-0.15, -0.1) is 0 Å². The van der Waals surface area contributed by atoms with Crippen LogP contribution in [0.1, 0.15) is 68.4 Å². The van der Waals surface area contributed by atoms with Gasteiger partial charge in [-0.3, -0.25) is 4.79 Å². The van der Waals surface area contributed by atoms with Crippen molar-refractivity contribution in [3.05, 3.63) is 81.9 Å². The maximum absolute atomic E-state index is 13.7. The Morgan fingerprint density at radius 2 is 1.72 bits per heavy atom. The zero-order valence-corrected chi connectivity index (χ0v) is 20.1. The van der Waals surface area contributed by atoms with E-state index in [1.165, 1.54) is 12.1 Å². The number of ether oxygens (including phenoxy) is 3. The number of fused-ring (bicyclic) bond motifs is 1. The van der Waals surface area contributed by atoms with Crippen molar-refractivity contribution in [3.8, 4) is 11.5 Å². The monoisotopic (exact) mass is 489 g/mol. The third-order valence-corrected chi connectivity index (χ3v) is 7.69. The molecule has 1 N–H and O–H groups in total. The molecular formula is C29H28FNO5. The van der Waals surface area contributed by atoms with E-state index in [0.29, 0.717) is 34.8 Å². The third-order valence-electron chi connectivity index (χ3n) is 7.69. The number of carbonyl (C=O) groups excluding carboxylic acids is 2. The highest BCUT2D eigenvalue weighted by Gasteiger charge is 2.42. The van der Waals surface area contributed by atoms with Crippen LogP contribution in [0.15, 0.2) is 65.0 Å². The van der Waals surface area contributed by atoms with Crippen LogP contribution in [0.4, 0.5) is 4.39 Å². The summed E-state index contributed by atoms with van der Waals surface area (Å²) in [7, 11) is 0. The van der Waals surface area contributed by atoms with E-state index < -0.39 is 5.92 Å². The summed E-state index contributed by atoms with van der Waals surface area (Å²) in [5, 5.41) is 3.38. The van der Waals surface area contributed by atoms with Crippen LogP contribution in [0, 0.1) is 5.82 Å². The fourth-order valence-electron chi connectivity index (χ4n) is 5.93. The standard InChI is InChI=1S/C29H28FNO5/c1-16-26(29(33)36-21-4-2-3-5-21)27(18-8-11-24-25(14-18)35-15-34-24)28-22(31-16)12-19(13-23(28)32)17-6-9-20(30)10-7-17/h6-11,14,19,21,27,31H,2-5,12-13,15H2,1H3/t19-,27-/m0/s1. The zero-order valence-electron chi connectivity index (χ0n) is 20.1. The molecule has 0 radical (unpaired) electrons. The number of benzene rings is 2. The van der Waals surface area contributed by atoms with Crippen molar-refractivity contribution in [3.63, 3.8) is 0 Å². The topological polar surface area (TPSA) is 73.9 Å².